The van der Waals surface area contributed by atoms with Gasteiger partial charge >= 0.3 is 11.9 Å². The number of hydrogen-bond acceptors (Lipinski definition) is 7. The molecule has 2 fully saturated rings. The van der Waals surface area contributed by atoms with Crippen LogP contribution in [0.15, 0.2) is 36.9 Å². The number of ether oxygens (including phenoxy) is 3. The summed E-state index contributed by atoms with van der Waals surface area (Å²) in [5.74, 6) is -4.38. The zero-order valence-corrected chi connectivity index (χ0v) is 15.9. The molecule has 1 saturated heterocycles. The summed E-state index contributed by atoms with van der Waals surface area (Å²) in [6.07, 6.45) is 1.39. The molecule has 0 radical (unpaired) electrons. The quantitative estimate of drug-likeness (QED) is 0.450. The molecule has 1 aromatic carbocycles. The van der Waals surface area contributed by atoms with E-state index in [0.717, 1.165) is 0 Å². The van der Waals surface area contributed by atoms with Crippen molar-refractivity contribution in [2.24, 2.45) is 16.7 Å². The van der Waals surface area contributed by atoms with Crippen molar-refractivity contribution in [3.63, 3.8) is 0 Å². The van der Waals surface area contributed by atoms with Crippen molar-refractivity contribution in [1.82, 2.24) is 0 Å². The second-order valence-electron chi connectivity index (χ2n) is 7.50. The SMILES string of the molecule is C=CC1CC(C#N)(C#N)C(c2ccc(OC)cc2)C12C(=O)OC(C)(C)OC2=O. The summed E-state index contributed by atoms with van der Waals surface area (Å²) in [6.45, 7) is 6.64. The normalized spacial score (nSPS) is 26.5. The highest BCUT2D eigenvalue weighted by Gasteiger charge is 2.74. The predicted octanol–water partition coefficient (Wildman–Crippen LogP) is 2.84. The van der Waals surface area contributed by atoms with Gasteiger partial charge in [0.2, 0.25) is 0 Å². The molecule has 2 unspecified atom stereocenters. The van der Waals surface area contributed by atoms with Crippen molar-refractivity contribution in [2.75, 3.05) is 7.11 Å². The molecule has 144 valence electrons. The van der Waals surface area contributed by atoms with Gasteiger partial charge in [-0.3, -0.25) is 9.59 Å². The first-order chi connectivity index (χ1) is 13.2. The van der Waals surface area contributed by atoms with Crippen molar-refractivity contribution in [3.05, 3.63) is 42.5 Å². The van der Waals surface area contributed by atoms with E-state index in [0.29, 0.717) is 11.3 Å². The van der Waals surface area contributed by atoms with Gasteiger partial charge in [-0.15, -0.1) is 6.58 Å². The van der Waals surface area contributed by atoms with Crippen molar-refractivity contribution < 1.29 is 23.8 Å². The van der Waals surface area contributed by atoms with Crippen LogP contribution < -0.4 is 4.74 Å². The van der Waals surface area contributed by atoms with E-state index in [9.17, 15) is 20.1 Å². The van der Waals surface area contributed by atoms with Crippen LogP contribution in [0.25, 0.3) is 0 Å². The topological polar surface area (TPSA) is 109 Å². The van der Waals surface area contributed by atoms with Gasteiger partial charge in [0.25, 0.3) is 5.79 Å². The molecule has 0 aromatic heterocycles. The lowest BCUT2D eigenvalue weighted by Crippen LogP contribution is -2.58. The fraction of sp³-hybridized carbons (Fsp3) is 0.429. The number of hydrogen-bond donors (Lipinski definition) is 0. The Bertz CT molecular complexity index is 886. The molecule has 7 nitrogen and oxygen atoms in total. The molecule has 1 aliphatic heterocycles. The van der Waals surface area contributed by atoms with E-state index in [1.807, 2.05) is 12.1 Å². The largest absolute Gasteiger partial charge is 0.497 e. The molecule has 1 aromatic rings. The van der Waals surface area contributed by atoms with E-state index in [2.05, 4.69) is 6.58 Å². The van der Waals surface area contributed by atoms with E-state index in [1.165, 1.54) is 27.0 Å². The van der Waals surface area contributed by atoms with Gasteiger partial charge < -0.3 is 14.2 Å². The predicted molar refractivity (Wildman–Crippen MR) is 96.4 cm³/mol. The molecule has 1 saturated carbocycles. The van der Waals surface area contributed by atoms with Crippen LogP contribution in [0.4, 0.5) is 0 Å². The number of cyclic esters (lactones) is 2. The monoisotopic (exact) mass is 380 g/mol. The van der Waals surface area contributed by atoms with E-state index in [-0.39, 0.29) is 6.42 Å². The van der Waals surface area contributed by atoms with Crippen LogP contribution in [-0.2, 0) is 19.1 Å². The Hall–Kier alpha value is -3.32. The second-order valence-corrected chi connectivity index (χ2v) is 7.50. The van der Waals surface area contributed by atoms with Crippen LogP contribution in [0.5, 0.6) is 5.75 Å². The minimum absolute atomic E-state index is 0.0369. The third-order valence-electron chi connectivity index (χ3n) is 5.56. The number of allylic oxidation sites excluding steroid dienone is 1. The van der Waals surface area contributed by atoms with Gasteiger partial charge in [-0.1, -0.05) is 18.2 Å². The average Bonchev–Trinajstić information content (AvgIpc) is 2.98. The summed E-state index contributed by atoms with van der Waals surface area (Å²) < 4.78 is 16.0. The Labute approximate surface area is 163 Å². The third kappa shape index (κ3) is 2.47. The lowest BCUT2D eigenvalue weighted by Gasteiger charge is -2.43. The molecular formula is C21H20N2O5. The molecule has 7 heteroatoms. The van der Waals surface area contributed by atoms with Crippen molar-refractivity contribution >= 4 is 11.9 Å². The maximum absolute atomic E-state index is 13.2. The molecule has 0 bridgehead atoms. The number of methoxy groups -OCH3 is 1. The molecular weight excluding hydrogens is 360 g/mol. The first-order valence-electron chi connectivity index (χ1n) is 8.76. The highest BCUT2D eigenvalue weighted by atomic mass is 16.7. The summed E-state index contributed by atoms with van der Waals surface area (Å²) in [6, 6.07) is 10.7. The summed E-state index contributed by atoms with van der Waals surface area (Å²) in [7, 11) is 1.51. The Balaban J connectivity index is 2.29. The van der Waals surface area contributed by atoms with Gasteiger partial charge in [-0.25, -0.2) is 0 Å². The van der Waals surface area contributed by atoms with Crippen molar-refractivity contribution in [3.8, 4) is 17.9 Å². The van der Waals surface area contributed by atoms with E-state index in [4.69, 9.17) is 14.2 Å². The molecule has 1 spiro atoms. The summed E-state index contributed by atoms with van der Waals surface area (Å²) in [5, 5.41) is 19.8. The van der Waals surface area contributed by atoms with E-state index in [1.54, 1.807) is 24.3 Å². The summed E-state index contributed by atoms with van der Waals surface area (Å²) in [5.41, 5.74) is -3.02. The van der Waals surface area contributed by atoms with Gasteiger partial charge in [0, 0.05) is 25.7 Å². The maximum atomic E-state index is 13.2. The Morgan fingerprint density at radius 1 is 1.14 bits per heavy atom. The smallest absolute Gasteiger partial charge is 0.328 e. The number of nitriles is 2. The van der Waals surface area contributed by atoms with Gasteiger partial charge in [-0.05, 0) is 24.1 Å². The second kappa shape index (κ2) is 6.38. The highest BCUT2D eigenvalue weighted by molar-refractivity contribution is 6.04. The number of esters is 2. The highest BCUT2D eigenvalue weighted by Crippen LogP contribution is 2.65. The van der Waals surface area contributed by atoms with Gasteiger partial charge in [0.15, 0.2) is 10.8 Å². The lowest BCUT2D eigenvalue weighted by atomic mass is 9.64. The molecule has 1 heterocycles. The van der Waals surface area contributed by atoms with Crippen molar-refractivity contribution in [1.29, 1.82) is 10.5 Å². The number of carbonyl (C=O) groups is 2. The molecule has 1 aliphatic carbocycles. The Kier molecular flexibility index (Phi) is 4.43. The first kappa shape index (κ1) is 19.4. The van der Waals surface area contributed by atoms with Crippen LogP contribution in [-0.4, -0.2) is 24.8 Å². The molecule has 28 heavy (non-hydrogen) atoms. The minimum Gasteiger partial charge on any atom is -0.497 e. The average molecular weight is 380 g/mol. The standard InChI is InChI=1S/C21H20N2O5/c1-5-14-10-20(11-22,12-23)16(13-6-8-15(26-4)9-7-13)21(14)17(24)27-19(2,3)28-18(21)25/h5-9,14,16H,1,10H2,2-4H3. The van der Waals surface area contributed by atoms with Gasteiger partial charge in [0.1, 0.15) is 5.75 Å². The number of benzene rings is 1. The van der Waals surface area contributed by atoms with Gasteiger partial charge in [-0.2, -0.15) is 10.5 Å². The van der Waals surface area contributed by atoms with Crippen LogP contribution in [0.2, 0.25) is 0 Å². The van der Waals surface area contributed by atoms with Crippen LogP contribution in [0.3, 0.4) is 0 Å². The number of rotatable bonds is 3. The molecule has 3 rings (SSSR count). The molecule has 0 amide bonds. The van der Waals surface area contributed by atoms with Crippen LogP contribution in [0.1, 0.15) is 31.7 Å². The maximum Gasteiger partial charge on any atom is 0.328 e. The molecule has 2 aliphatic rings. The lowest BCUT2D eigenvalue weighted by molar-refractivity contribution is -0.254. The van der Waals surface area contributed by atoms with Crippen LogP contribution >= 0.6 is 0 Å². The fourth-order valence-corrected chi connectivity index (χ4v) is 4.34. The summed E-state index contributed by atoms with van der Waals surface area (Å²) >= 11 is 0. The third-order valence-corrected chi connectivity index (χ3v) is 5.56. The first-order valence-corrected chi connectivity index (χ1v) is 8.76. The molecule has 0 N–H and O–H groups in total. The van der Waals surface area contributed by atoms with E-state index < -0.39 is 40.4 Å². The summed E-state index contributed by atoms with van der Waals surface area (Å²) in [4.78, 5) is 26.5. The minimum atomic E-state index is -1.86. The van der Waals surface area contributed by atoms with Gasteiger partial charge in [0.05, 0.1) is 19.2 Å². The number of carbonyl (C=O) groups excluding carboxylic acids is 2. The fourth-order valence-electron chi connectivity index (χ4n) is 4.34. The zero-order chi connectivity index (χ0) is 20.7. The number of nitrogens with zero attached hydrogens (tertiary/aromatic N) is 2. The van der Waals surface area contributed by atoms with E-state index >= 15 is 0 Å². The van der Waals surface area contributed by atoms with Crippen LogP contribution in [0, 0.1) is 39.4 Å². The molecule has 2 atom stereocenters. The zero-order valence-electron chi connectivity index (χ0n) is 15.9. The Morgan fingerprint density at radius 3 is 2.11 bits per heavy atom. The van der Waals surface area contributed by atoms with Crippen molar-refractivity contribution in [2.45, 2.75) is 32.0 Å². The Morgan fingerprint density at radius 2 is 1.68 bits per heavy atom.